The second-order valence-corrected chi connectivity index (χ2v) is 7.22. The smallest absolute Gasteiger partial charge is 0.193 e. The molecule has 0 amide bonds. The maximum absolute atomic E-state index is 12.6. The predicted molar refractivity (Wildman–Crippen MR) is 80.0 cm³/mol. The van der Waals surface area contributed by atoms with E-state index in [0.717, 1.165) is 18.7 Å². The minimum absolute atomic E-state index is 0.183. The van der Waals surface area contributed by atoms with Gasteiger partial charge in [-0.05, 0) is 5.41 Å². The van der Waals surface area contributed by atoms with Crippen molar-refractivity contribution in [2.75, 3.05) is 6.54 Å². The Morgan fingerprint density at radius 3 is 2.32 bits per heavy atom. The van der Waals surface area contributed by atoms with E-state index in [1.54, 1.807) is 6.08 Å². The third kappa shape index (κ3) is 3.82. The van der Waals surface area contributed by atoms with Crippen LogP contribution in [0, 0.1) is 10.8 Å². The summed E-state index contributed by atoms with van der Waals surface area (Å²) in [5.41, 5.74) is 1.92. The third-order valence-electron chi connectivity index (χ3n) is 3.38. The number of allylic oxidation sites excluding steroid dienone is 4. The second-order valence-electron chi connectivity index (χ2n) is 7.22. The van der Waals surface area contributed by atoms with E-state index in [9.17, 15) is 5.11 Å². The van der Waals surface area contributed by atoms with Crippen molar-refractivity contribution in [1.29, 1.82) is 0 Å². The van der Waals surface area contributed by atoms with E-state index in [2.05, 4.69) is 31.9 Å². The summed E-state index contributed by atoms with van der Waals surface area (Å²) >= 11 is 0. The van der Waals surface area contributed by atoms with Crippen LogP contribution in [0.4, 0.5) is 0 Å². The lowest BCUT2D eigenvalue weighted by Crippen LogP contribution is -2.28. The molecule has 0 radical (unpaired) electrons. The molecule has 0 aromatic rings. The van der Waals surface area contributed by atoms with E-state index in [-0.39, 0.29) is 16.6 Å². The molecule has 0 fully saturated rings. The van der Waals surface area contributed by atoms with Crippen molar-refractivity contribution in [2.45, 2.75) is 48.0 Å². The van der Waals surface area contributed by atoms with Gasteiger partial charge in [-0.1, -0.05) is 59.1 Å². The van der Waals surface area contributed by atoms with Crippen LogP contribution in [-0.4, -0.2) is 16.8 Å². The molecule has 0 bridgehead atoms. The molecule has 106 valence electrons. The highest BCUT2D eigenvalue weighted by Crippen LogP contribution is 2.32. The summed E-state index contributed by atoms with van der Waals surface area (Å²) in [7, 11) is 0. The summed E-state index contributed by atoms with van der Waals surface area (Å²) in [5.74, 6) is 0.183. The van der Waals surface area contributed by atoms with Crippen molar-refractivity contribution >= 4 is 5.71 Å². The van der Waals surface area contributed by atoms with Gasteiger partial charge in [0, 0.05) is 24.8 Å². The molecule has 2 nitrogen and oxygen atoms in total. The van der Waals surface area contributed by atoms with Crippen molar-refractivity contribution in [3.8, 4) is 0 Å². The van der Waals surface area contributed by atoms with Crippen LogP contribution in [0.1, 0.15) is 48.0 Å². The monoisotopic (exact) mass is 261 g/mol. The van der Waals surface area contributed by atoms with Gasteiger partial charge < -0.3 is 5.11 Å². The molecule has 0 saturated heterocycles. The number of hydrogen-bond acceptors (Lipinski definition) is 1. The van der Waals surface area contributed by atoms with Crippen LogP contribution in [0.15, 0.2) is 36.3 Å². The fourth-order valence-corrected chi connectivity index (χ4v) is 2.53. The molecule has 1 aliphatic heterocycles. The minimum Gasteiger partial charge on any atom is -0.871 e. The molecule has 2 heteroatoms. The van der Waals surface area contributed by atoms with E-state index in [4.69, 9.17) is 0 Å². The van der Waals surface area contributed by atoms with E-state index >= 15 is 0 Å². The zero-order valence-corrected chi connectivity index (χ0v) is 13.2. The summed E-state index contributed by atoms with van der Waals surface area (Å²) in [6, 6.07) is 0. The van der Waals surface area contributed by atoms with Gasteiger partial charge in [-0.2, -0.15) is 0 Å². The molecular weight excluding hydrogens is 234 g/mol. The van der Waals surface area contributed by atoms with Crippen molar-refractivity contribution in [3.63, 3.8) is 0 Å². The molecule has 0 aromatic heterocycles. The maximum atomic E-state index is 12.6. The SMILES string of the molecule is C=C/C=C/C(=C(\[O-])C(C)(C)C)[N+]1=C(C)CC(C)(C)C1. The Morgan fingerprint density at radius 2 is 1.95 bits per heavy atom. The second kappa shape index (κ2) is 5.36. The molecule has 0 N–H and O–H groups in total. The van der Waals surface area contributed by atoms with Gasteiger partial charge in [0.2, 0.25) is 0 Å². The van der Waals surface area contributed by atoms with Gasteiger partial charge >= 0.3 is 0 Å². The van der Waals surface area contributed by atoms with Gasteiger partial charge in [0.1, 0.15) is 0 Å². The molecule has 0 aliphatic carbocycles. The fraction of sp³-hybridized carbons (Fsp3) is 0.588. The van der Waals surface area contributed by atoms with E-state index in [1.807, 2.05) is 32.9 Å². The first-order valence-electron chi connectivity index (χ1n) is 6.89. The molecule has 0 unspecified atom stereocenters. The Balaban J connectivity index is 3.32. The normalized spacial score (nSPS) is 20.9. The standard InChI is InChI=1S/C17H27NO/c1-8-9-10-14(15(19)16(3,4)5)18-12-17(6,7)11-13(18)2/h8-10H,1,11-12H2,2-7H3/b10-9+,15-14+. The Bertz CT molecular complexity index is 456. The lowest BCUT2D eigenvalue weighted by molar-refractivity contribution is -0.488. The van der Waals surface area contributed by atoms with Crippen molar-refractivity contribution < 1.29 is 9.68 Å². The molecule has 0 saturated carbocycles. The summed E-state index contributed by atoms with van der Waals surface area (Å²) in [6.45, 7) is 17.1. The summed E-state index contributed by atoms with van der Waals surface area (Å²) in [5, 5.41) is 12.6. The van der Waals surface area contributed by atoms with Crippen LogP contribution in [-0.2, 0) is 0 Å². The lowest BCUT2D eigenvalue weighted by Gasteiger charge is -2.28. The van der Waals surface area contributed by atoms with Crippen molar-refractivity contribution in [2.24, 2.45) is 10.8 Å². The molecule has 19 heavy (non-hydrogen) atoms. The average Bonchev–Trinajstić information content (AvgIpc) is 2.51. The quantitative estimate of drug-likeness (QED) is 0.435. The van der Waals surface area contributed by atoms with Crippen LogP contribution >= 0.6 is 0 Å². The van der Waals surface area contributed by atoms with Gasteiger partial charge in [-0.3, -0.25) is 0 Å². The molecule has 0 atom stereocenters. The largest absolute Gasteiger partial charge is 0.871 e. The Kier molecular flexibility index (Phi) is 4.44. The first-order chi connectivity index (χ1) is 8.58. The molecule has 1 heterocycles. The van der Waals surface area contributed by atoms with Crippen molar-refractivity contribution in [3.05, 3.63) is 36.3 Å². The highest BCUT2D eigenvalue weighted by molar-refractivity contribution is 5.79. The number of hydrogen-bond donors (Lipinski definition) is 0. The zero-order chi connectivity index (χ0) is 14.8. The molecular formula is C17H27NO. The molecule has 0 aromatic carbocycles. The number of nitrogens with zero attached hydrogens (tertiary/aromatic N) is 1. The van der Waals surface area contributed by atoms with E-state index in [1.165, 1.54) is 5.71 Å². The summed E-state index contributed by atoms with van der Waals surface area (Å²) in [4.78, 5) is 0. The van der Waals surface area contributed by atoms with E-state index in [0.29, 0.717) is 0 Å². The summed E-state index contributed by atoms with van der Waals surface area (Å²) in [6.07, 6.45) is 6.49. The van der Waals surface area contributed by atoms with Gasteiger partial charge in [0.25, 0.3) is 0 Å². The summed E-state index contributed by atoms with van der Waals surface area (Å²) < 4.78 is 2.17. The zero-order valence-electron chi connectivity index (χ0n) is 13.2. The first kappa shape index (κ1) is 15.7. The van der Waals surface area contributed by atoms with Gasteiger partial charge in [-0.25, -0.2) is 4.58 Å². The Hall–Kier alpha value is -1.31. The van der Waals surface area contributed by atoms with Crippen LogP contribution in [0.3, 0.4) is 0 Å². The van der Waals surface area contributed by atoms with Gasteiger partial charge in [0.05, 0.1) is 0 Å². The van der Waals surface area contributed by atoms with Crippen LogP contribution in [0.25, 0.3) is 0 Å². The first-order valence-corrected chi connectivity index (χ1v) is 6.89. The fourth-order valence-electron chi connectivity index (χ4n) is 2.53. The minimum atomic E-state index is -0.367. The highest BCUT2D eigenvalue weighted by Gasteiger charge is 2.37. The Labute approximate surface area is 117 Å². The van der Waals surface area contributed by atoms with E-state index < -0.39 is 0 Å². The van der Waals surface area contributed by atoms with Gasteiger partial charge in [-0.15, -0.1) is 0 Å². The predicted octanol–water partition coefficient (Wildman–Crippen LogP) is 3.25. The van der Waals surface area contributed by atoms with Gasteiger partial charge in [0.15, 0.2) is 18.0 Å². The number of rotatable bonds is 3. The topological polar surface area (TPSA) is 26.1 Å². The lowest BCUT2D eigenvalue weighted by atomic mass is 9.90. The average molecular weight is 261 g/mol. The molecule has 1 rings (SSSR count). The molecule has 1 aliphatic rings. The maximum Gasteiger partial charge on any atom is 0.193 e. The third-order valence-corrected chi connectivity index (χ3v) is 3.38. The van der Waals surface area contributed by atoms with Crippen LogP contribution in [0.5, 0.6) is 0 Å². The Morgan fingerprint density at radius 1 is 1.37 bits per heavy atom. The van der Waals surface area contributed by atoms with Crippen LogP contribution in [0.2, 0.25) is 0 Å². The van der Waals surface area contributed by atoms with Crippen LogP contribution < -0.4 is 5.11 Å². The highest BCUT2D eigenvalue weighted by atomic mass is 16.3. The molecule has 0 spiro atoms. The van der Waals surface area contributed by atoms with Crippen molar-refractivity contribution in [1.82, 2.24) is 0 Å².